The van der Waals surface area contributed by atoms with Gasteiger partial charge in [0, 0.05) is 29.5 Å². The maximum atomic E-state index is 6.27. The molecule has 2 atom stereocenters. The molecule has 2 aliphatic rings. The highest BCUT2D eigenvalue weighted by Gasteiger charge is 2.40. The van der Waals surface area contributed by atoms with Gasteiger partial charge in [-0.05, 0) is 38.0 Å². The quantitative estimate of drug-likeness (QED) is 0.908. The van der Waals surface area contributed by atoms with Crippen molar-refractivity contribution in [3.8, 4) is 5.75 Å². The Labute approximate surface area is 131 Å². The van der Waals surface area contributed by atoms with Crippen LogP contribution >= 0.6 is 11.6 Å². The smallest absolute Gasteiger partial charge is 0.124 e. The highest BCUT2D eigenvalue weighted by Crippen LogP contribution is 2.41. The fraction of sp³-hybridized carbons (Fsp3) is 0.647. The third-order valence-electron chi connectivity index (χ3n) is 4.72. The van der Waals surface area contributed by atoms with Gasteiger partial charge in [-0.25, -0.2) is 0 Å². The van der Waals surface area contributed by atoms with Crippen molar-refractivity contribution in [2.75, 3.05) is 6.61 Å². The molecule has 116 valence electrons. The molecule has 1 spiro atoms. The van der Waals surface area contributed by atoms with E-state index in [0.717, 1.165) is 30.8 Å². The van der Waals surface area contributed by atoms with Gasteiger partial charge in [-0.3, -0.25) is 0 Å². The van der Waals surface area contributed by atoms with E-state index < -0.39 is 0 Å². The Hall–Kier alpha value is -0.770. The van der Waals surface area contributed by atoms with Gasteiger partial charge in [-0.15, -0.1) is 0 Å². The third-order valence-corrected chi connectivity index (χ3v) is 4.95. The largest absolute Gasteiger partial charge is 0.490 e. The van der Waals surface area contributed by atoms with Crippen molar-refractivity contribution in [3.63, 3.8) is 0 Å². The zero-order valence-corrected chi connectivity index (χ0v) is 13.4. The second kappa shape index (κ2) is 6.15. The van der Waals surface area contributed by atoms with E-state index in [4.69, 9.17) is 26.8 Å². The lowest BCUT2D eigenvalue weighted by molar-refractivity contribution is -0.108. The van der Waals surface area contributed by atoms with E-state index >= 15 is 0 Å². The van der Waals surface area contributed by atoms with E-state index in [1.165, 1.54) is 25.7 Å². The molecule has 1 saturated carbocycles. The van der Waals surface area contributed by atoms with E-state index in [0.29, 0.717) is 5.02 Å². The number of nitrogens with two attached hydrogens (primary N) is 1. The highest BCUT2D eigenvalue weighted by atomic mass is 35.5. The molecule has 2 N–H and O–H groups in total. The van der Waals surface area contributed by atoms with Crippen LogP contribution < -0.4 is 10.5 Å². The van der Waals surface area contributed by atoms with Gasteiger partial charge in [-0.2, -0.15) is 0 Å². The summed E-state index contributed by atoms with van der Waals surface area (Å²) in [5.74, 6) is 0.870. The Kier molecular flexibility index (Phi) is 4.43. The van der Waals surface area contributed by atoms with Crippen LogP contribution in [0.5, 0.6) is 5.75 Å². The molecule has 0 amide bonds. The van der Waals surface area contributed by atoms with Gasteiger partial charge in [0.15, 0.2) is 0 Å². The van der Waals surface area contributed by atoms with Crippen LogP contribution in [0.3, 0.4) is 0 Å². The third kappa shape index (κ3) is 3.36. The monoisotopic (exact) mass is 309 g/mol. The molecule has 3 nitrogen and oxygen atoms in total. The Bertz CT molecular complexity index is 498. The van der Waals surface area contributed by atoms with Crippen LogP contribution in [0, 0.1) is 0 Å². The van der Waals surface area contributed by atoms with E-state index in [1.807, 2.05) is 25.1 Å². The molecule has 4 heteroatoms. The van der Waals surface area contributed by atoms with Gasteiger partial charge in [0.1, 0.15) is 11.9 Å². The number of ether oxygens (including phenoxy) is 2. The molecule has 1 saturated heterocycles. The van der Waals surface area contributed by atoms with Crippen LogP contribution in [0.1, 0.15) is 57.1 Å². The lowest BCUT2D eigenvalue weighted by Crippen LogP contribution is -2.41. The van der Waals surface area contributed by atoms with Gasteiger partial charge in [0.25, 0.3) is 0 Å². The maximum absolute atomic E-state index is 6.27. The Balaban J connectivity index is 1.74. The van der Waals surface area contributed by atoms with Crippen molar-refractivity contribution in [2.24, 2.45) is 5.73 Å². The summed E-state index contributed by atoms with van der Waals surface area (Å²) in [6.45, 7) is 2.76. The minimum absolute atomic E-state index is 0.0733. The van der Waals surface area contributed by atoms with E-state index in [2.05, 4.69) is 0 Å². The molecule has 1 aromatic carbocycles. The first kappa shape index (κ1) is 15.1. The van der Waals surface area contributed by atoms with Crippen molar-refractivity contribution < 1.29 is 9.47 Å². The molecule has 21 heavy (non-hydrogen) atoms. The van der Waals surface area contributed by atoms with Crippen molar-refractivity contribution in [1.82, 2.24) is 0 Å². The van der Waals surface area contributed by atoms with E-state index in [1.54, 1.807) is 0 Å². The van der Waals surface area contributed by atoms with Crippen LogP contribution in [0.15, 0.2) is 18.2 Å². The Morgan fingerprint density at radius 1 is 1.38 bits per heavy atom. The van der Waals surface area contributed by atoms with Crippen LogP contribution in [-0.4, -0.2) is 18.3 Å². The van der Waals surface area contributed by atoms with E-state index in [9.17, 15) is 0 Å². The van der Waals surface area contributed by atoms with Crippen LogP contribution in [0.2, 0.25) is 5.02 Å². The normalized spacial score (nSPS) is 26.0. The molecule has 2 fully saturated rings. The second-order valence-corrected chi connectivity index (χ2v) is 6.88. The average molecular weight is 310 g/mol. The molecule has 1 aromatic rings. The summed E-state index contributed by atoms with van der Waals surface area (Å²) in [5, 5.41) is 0.703. The number of benzene rings is 1. The number of rotatable bonds is 3. The van der Waals surface area contributed by atoms with Crippen molar-refractivity contribution in [2.45, 2.75) is 63.2 Å². The average Bonchev–Trinajstić information content (AvgIpc) is 2.88. The zero-order valence-electron chi connectivity index (χ0n) is 12.6. The molecular formula is C17H24ClNO2. The lowest BCUT2D eigenvalue weighted by Gasteiger charge is -2.38. The molecule has 1 aliphatic carbocycles. The first-order valence-corrected chi connectivity index (χ1v) is 8.31. The summed E-state index contributed by atoms with van der Waals surface area (Å²) >= 11 is 6.07. The summed E-state index contributed by atoms with van der Waals surface area (Å²) in [4.78, 5) is 0. The summed E-state index contributed by atoms with van der Waals surface area (Å²) < 4.78 is 12.3. The molecular weight excluding hydrogens is 286 g/mol. The van der Waals surface area contributed by atoms with Crippen LogP contribution in [0.4, 0.5) is 0 Å². The van der Waals surface area contributed by atoms with Gasteiger partial charge in [-0.1, -0.05) is 24.4 Å². The lowest BCUT2D eigenvalue weighted by atomic mass is 9.90. The summed E-state index contributed by atoms with van der Waals surface area (Å²) in [6, 6.07) is 5.64. The highest BCUT2D eigenvalue weighted by molar-refractivity contribution is 6.30. The number of hydrogen-bond donors (Lipinski definition) is 1. The molecule has 0 aromatic heterocycles. The summed E-state index contributed by atoms with van der Waals surface area (Å²) in [6.07, 6.45) is 7.06. The standard InChI is InChI=1S/C17H24ClNO2/c1-12(19)15-10-13(18)4-5-16(15)21-14-6-9-20-17(11-14)7-2-3-8-17/h4-5,10,12,14H,2-3,6-9,11,19H2,1H3. The predicted molar refractivity (Wildman–Crippen MR) is 84.9 cm³/mol. The van der Waals surface area contributed by atoms with Crippen LogP contribution in [-0.2, 0) is 4.74 Å². The van der Waals surface area contributed by atoms with Crippen molar-refractivity contribution >= 4 is 11.6 Å². The first-order valence-electron chi connectivity index (χ1n) is 7.94. The minimum atomic E-state index is -0.0843. The Morgan fingerprint density at radius 3 is 2.86 bits per heavy atom. The maximum Gasteiger partial charge on any atom is 0.124 e. The van der Waals surface area contributed by atoms with Crippen LogP contribution in [0.25, 0.3) is 0 Å². The fourth-order valence-corrected chi connectivity index (χ4v) is 3.79. The van der Waals surface area contributed by atoms with Gasteiger partial charge in [0.2, 0.25) is 0 Å². The first-order chi connectivity index (χ1) is 10.1. The van der Waals surface area contributed by atoms with Gasteiger partial charge in [0.05, 0.1) is 12.2 Å². The number of hydrogen-bond acceptors (Lipinski definition) is 3. The van der Waals surface area contributed by atoms with E-state index in [-0.39, 0.29) is 17.7 Å². The molecule has 0 bridgehead atoms. The molecule has 1 heterocycles. The Morgan fingerprint density at radius 2 is 2.14 bits per heavy atom. The SMILES string of the molecule is CC(N)c1cc(Cl)ccc1OC1CCOC2(CCCC2)C1. The second-order valence-electron chi connectivity index (χ2n) is 6.44. The van der Waals surface area contributed by atoms with Crippen molar-refractivity contribution in [1.29, 1.82) is 0 Å². The van der Waals surface area contributed by atoms with Gasteiger partial charge >= 0.3 is 0 Å². The molecule has 3 rings (SSSR count). The minimum Gasteiger partial charge on any atom is -0.490 e. The topological polar surface area (TPSA) is 44.5 Å². The van der Waals surface area contributed by atoms with Crippen molar-refractivity contribution in [3.05, 3.63) is 28.8 Å². The predicted octanol–water partition coefficient (Wildman–Crippen LogP) is 4.23. The van der Waals surface area contributed by atoms with Gasteiger partial charge < -0.3 is 15.2 Å². The molecule has 0 radical (unpaired) electrons. The zero-order chi connectivity index (χ0) is 14.9. The number of halogens is 1. The molecule has 1 aliphatic heterocycles. The summed E-state index contributed by atoms with van der Waals surface area (Å²) in [7, 11) is 0. The molecule has 2 unspecified atom stereocenters. The fourth-order valence-electron chi connectivity index (χ4n) is 3.61. The summed E-state index contributed by atoms with van der Waals surface area (Å²) in [5.41, 5.74) is 7.10.